The summed E-state index contributed by atoms with van der Waals surface area (Å²) in [5, 5.41) is 3.34. The molecule has 1 heterocycles. The molecule has 1 aromatic carbocycles. The maximum atomic E-state index is 11.9. The Morgan fingerprint density at radius 2 is 2.18 bits per heavy atom. The van der Waals surface area contributed by atoms with E-state index in [9.17, 15) is 4.79 Å². The van der Waals surface area contributed by atoms with Crippen LogP contribution in [0.3, 0.4) is 0 Å². The maximum Gasteiger partial charge on any atom is 0.260 e. The van der Waals surface area contributed by atoms with Gasteiger partial charge in [0.1, 0.15) is 11.5 Å². The van der Waals surface area contributed by atoms with Gasteiger partial charge in [-0.2, -0.15) is 11.8 Å². The molecular formula is C16H18ClNO3S. The van der Waals surface area contributed by atoms with Crippen LogP contribution in [0.4, 0.5) is 0 Å². The Bertz CT molecular complexity index is 589. The van der Waals surface area contributed by atoms with Crippen molar-refractivity contribution in [1.29, 1.82) is 0 Å². The second kappa shape index (κ2) is 8.76. The van der Waals surface area contributed by atoms with Gasteiger partial charge in [0.2, 0.25) is 0 Å². The minimum absolute atomic E-state index is 0.154. The van der Waals surface area contributed by atoms with Crippen molar-refractivity contribution in [2.24, 2.45) is 0 Å². The van der Waals surface area contributed by atoms with Crippen molar-refractivity contribution in [3.8, 4) is 5.75 Å². The van der Waals surface area contributed by atoms with E-state index in [0.717, 1.165) is 17.3 Å². The molecule has 0 aliphatic rings. The largest absolute Gasteiger partial charge is 0.479 e. The van der Waals surface area contributed by atoms with Gasteiger partial charge in [-0.25, -0.2) is 0 Å². The van der Waals surface area contributed by atoms with E-state index in [0.29, 0.717) is 17.3 Å². The predicted octanol–water partition coefficient (Wildman–Crippen LogP) is 3.75. The second-order valence-electron chi connectivity index (χ2n) is 4.61. The summed E-state index contributed by atoms with van der Waals surface area (Å²) >= 11 is 7.70. The van der Waals surface area contributed by atoms with Crippen molar-refractivity contribution in [3.05, 3.63) is 53.4 Å². The number of amides is 1. The molecule has 1 atom stereocenters. The SMILES string of the molecule is C[C@@H](Oc1ccccc1Cl)C(=O)NCCSCc1ccco1. The van der Waals surface area contributed by atoms with Crippen LogP contribution in [0, 0.1) is 0 Å². The van der Waals surface area contributed by atoms with Crippen LogP contribution >= 0.6 is 23.4 Å². The maximum absolute atomic E-state index is 11.9. The molecule has 0 saturated heterocycles. The zero-order chi connectivity index (χ0) is 15.8. The summed E-state index contributed by atoms with van der Waals surface area (Å²) < 4.78 is 10.8. The van der Waals surface area contributed by atoms with Crippen LogP contribution < -0.4 is 10.1 Å². The molecule has 4 nitrogen and oxygen atoms in total. The van der Waals surface area contributed by atoms with Gasteiger partial charge < -0.3 is 14.5 Å². The minimum atomic E-state index is -0.588. The van der Waals surface area contributed by atoms with Crippen LogP contribution in [0.15, 0.2) is 47.1 Å². The average Bonchev–Trinajstić information content (AvgIpc) is 3.02. The number of nitrogens with one attached hydrogen (secondary N) is 1. The van der Waals surface area contributed by atoms with E-state index in [-0.39, 0.29) is 5.91 Å². The normalized spacial score (nSPS) is 11.9. The molecule has 2 aromatic rings. The lowest BCUT2D eigenvalue weighted by molar-refractivity contribution is -0.127. The molecule has 118 valence electrons. The molecule has 0 unspecified atom stereocenters. The van der Waals surface area contributed by atoms with Gasteiger partial charge in [-0.15, -0.1) is 0 Å². The Morgan fingerprint density at radius 1 is 1.36 bits per heavy atom. The van der Waals surface area contributed by atoms with E-state index in [1.807, 2.05) is 24.3 Å². The van der Waals surface area contributed by atoms with Crippen LogP contribution in [-0.2, 0) is 10.5 Å². The van der Waals surface area contributed by atoms with Crippen molar-refractivity contribution in [2.75, 3.05) is 12.3 Å². The van der Waals surface area contributed by atoms with Crippen molar-refractivity contribution >= 4 is 29.3 Å². The van der Waals surface area contributed by atoms with Crippen LogP contribution in [0.5, 0.6) is 5.75 Å². The number of furan rings is 1. The number of benzene rings is 1. The lowest BCUT2D eigenvalue weighted by atomic mass is 10.3. The fraction of sp³-hybridized carbons (Fsp3) is 0.312. The quantitative estimate of drug-likeness (QED) is 0.744. The van der Waals surface area contributed by atoms with Crippen LogP contribution in [0.2, 0.25) is 5.02 Å². The van der Waals surface area contributed by atoms with E-state index in [2.05, 4.69) is 5.32 Å². The highest BCUT2D eigenvalue weighted by molar-refractivity contribution is 7.98. The summed E-state index contributed by atoms with van der Waals surface area (Å²) in [5.41, 5.74) is 0. The van der Waals surface area contributed by atoms with Crippen molar-refractivity contribution in [1.82, 2.24) is 5.32 Å². The number of hydrogen-bond donors (Lipinski definition) is 1. The fourth-order valence-electron chi connectivity index (χ4n) is 1.74. The first-order valence-electron chi connectivity index (χ1n) is 6.96. The second-order valence-corrected chi connectivity index (χ2v) is 6.13. The number of carbonyl (C=O) groups is 1. The number of thioether (sulfide) groups is 1. The summed E-state index contributed by atoms with van der Waals surface area (Å²) in [6.07, 6.45) is 1.07. The molecule has 6 heteroatoms. The highest BCUT2D eigenvalue weighted by Gasteiger charge is 2.15. The third-order valence-corrected chi connectivity index (χ3v) is 4.17. The Kier molecular flexibility index (Phi) is 6.68. The molecule has 0 spiro atoms. The van der Waals surface area contributed by atoms with Crippen LogP contribution in [-0.4, -0.2) is 24.3 Å². The zero-order valence-corrected chi connectivity index (χ0v) is 13.8. The number of rotatable bonds is 8. The molecule has 1 amide bonds. The third-order valence-electron chi connectivity index (χ3n) is 2.88. The van der Waals surface area contributed by atoms with Gasteiger partial charge in [0, 0.05) is 12.3 Å². The zero-order valence-electron chi connectivity index (χ0n) is 12.3. The van der Waals surface area contributed by atoms with E-state index < -0.39 is 6.10 Å². The molecule has 2 rings (SSSR count). The van der Waals surface area contributed by atoms with Crippen molar-refractivity contribution in [2.45, 2.75) is 18.8 Å². The molecule has 1 N–H and O–H groups in total. The predicted molar refractivity (Wildman–Crippen MR) is 89.4 cm³/mol. The van der Waals surface area contributed by atoms with Crippen LogP contribution in [0.1, 0.15) is 12.7 Å². The van der Waals surface area contributed by atoms with Crippen molar-refractivity contribution in [3.63, 3.8) is 0 Å². The molecule has 0 aliphatic heterocycles. The van der Waals surface area contributed by atoms with Gasteiger partial charge in [-0.05, 0) is 31.2 Å². The molecule has 22 heavy (non-hydrogen) atoms. The number of halogens is 1. The number of para-hydroxylation sites is 1. The average molecular weight is 340 g/mol. The Balaban J connectivity index is 1.65. The van der Waals surface area contributed by atoms with Gasteiger partial charge in [0.15, 0.2) is 6.10 Å². The van der Waals surface area contributed by atoms with Gasteiger partial charge in [0.05, 0.1) is 17.0 Å². The summed E-state index contributed by atoms with van der Waals surface area (Å²) in [5.74, 6) is 2.91. The van der Waals surface area contributed by atoms with Crippen molar-refractivity contribution < 1.29 is 13.9 Å². The monoisotopic (exact) mass is 339 g/mol. The smallest absolute Gasteiger partial charge is 0.260 e. The molecular weight excluding hydrogens is 322 g/mol. The number of ether oxygens (including phenoxy) is 1. The summed E-state index contributed by atoms with van der Waals surface area (Å²) in [7, 11) is 0. The summed E-state index contributed by atoms with van der Waals surface area (Å²) in [6.45, 7) is 2.29. The molecule has 0 fully saturated rings. The molecule has 0 radical (unpaired) electrons. The van der Waals surface area contributed by atoms with Gasteiger partial charge in [-0.1, -0.05) is 23.7 Å². The fourth-order valence-corrected chi connectivity index (χ4v) is 2.68. The van der Waals surface area contributed by atoms with E-state index >= 15 is 0 Å². The van der Waals surface area contributed by atoms with E-state index in [1.54, 1.807) is 37.1 Å². The minimum Gasteiger partial charge on any atom is -0.479 e. The highest BCUT2D eigenvalue weighted by Crippen LogP contribution is 2.24. The third kappa shape index (κ3) is 5.31. The topological polar surface area (TPSA) is 51.5 Å². The molecule has 0 aliphatic carbocycles. The Hall–Kier alpha value is -1.59. The highest BCUT2D eigenvalue weighted by atomic mass is 35.5. The number of carbonyl (C=O) groups excluding carboxylic acids is 1. The van der Waals surface area contributed by atoms with E-state index in [4.69, 9.17) is 20.8 Å². The lowest BCUT2D eigenvalue weighted by Gasteiger charge is -2.15. The molecule has 1 aromatic heterocycles. The first kappa shape index (κ1) is 16.8. The Labute approximate surface area is 139 Å². The van der Waals surface area contributed by atoms with E-state index in [1.165, 1.54) is 0 Å². The van der Waals surface area contributed by atoms with Crippen LogP contribution in [0.25, 0.3) is 0 Å². The number of hydrogen-bond acceptors (Lipinski definition) is 4. The summed E-state index contributed by atoms with van der Waals surface area (Å²) in [4.78, 5) is 11.9. The first-order valence-corrected chi connectivity index (χ1v) is 8.49. The molecule has 0 bridgehead atoms. The summed E-state index contributed by atoms with van der Waals surface area (Å²) in [6, 6.07) is 10.9. The van der Waals surface area contributed by atoms with Gasteiger partial charge in [-0.3, -0.25) is 4.79 Å². The standard InChI is InChI=1S/C16H18ClNO3S/c1-12(21-15-7-3-2-6-14(15)17)16(19)18-8-10-22-11-13-5-4-9-20-13/h2-7,9,12H,8,10-11H2,1H3,(H,18,19)/t12-/m1/s1. The Morgan fingerprint density at radius 3 is 2.91 bits per heavy atom. The van der Waals surface area contributed by atoms with Gasteiger partial charge >= 0.3 is 0 Å². The molecule has 0 saturated carbocycles. The lowest BCUT2D eigenvalue weighted by Crippen LogP contribution is -2.37. The first-order chi connectivity index (χ1) is 10.7. The van der Waals surface area contributed by atoms with Gasteiger partial charge in [0.25, 0.3) is 5.91 Å².